The van der Waals surface area contributed by atoms with E-state index in [0.29, 0.717) is 6.54 Å². The standard InChI is InChI=1S/C18H17NO/c1-2-16-17(15-11-7-4-8-12-15)19(18(16)20)13-14-9-5-3-6-10-14/h2-12,16-17H,1,13H2/t16-,17-/m0/s1. The van der Waals surface area contributed by atoms with Gasteiger partial charge in [0, 0.05) is 6.54 Å². The van der Waals surface area contributed by atoms with Gasteiger partial charge in [-0.15, -0.1) is 6.58 Å². The summed E-state index contributed by atoms with van der Waals surface area (Å²) in [6, 6.07) is 20.4. The van der Waals surface area contributed by atoms with E-state index < -0.39 is 0 Å². The first-order valence-corrected chi connectivity index (χ1v) is 6.83. The van der Waals surface area contributed by atoms with Crippen molar-refractivity contribution in [3.8, 4) is 0 Å². The van der Waals surface area contributed by atoms with Crippen LogP contribution in [0.2, 0.25) is 0 Å². The summed E-state index contributed by atoms with van der Waals surface area (Å²) in [6.07, 6.45) is 1.77. The van der Waals surface area contributed by atoms with Crippen LogP contribution in [0.25, 0.3) is 0 Å². The molecular weight excluding hydrogens is 246 g/mol. The van der Waals surface area contributed by atoms with E-state index in [1.165, 1.54) is 5.56 Å². The third-order valence-electron chi connectivity index (χ3n) is 3.83. The van der Waals surface area contributed by atoms with Gasteiger partial charge in [-0.1, -0.05) is 66.7 Å². The fourth-order valence-corrected chi connectivity index (χ4v) is 2.80. The van der Waals surface area contributed by atoms with Crippen LogP contribution in [0.3, 0.4) is 0 Å². The first kappa shape index (κ1) is 12.7. The molecule has 2 aromatic carbocycles. The second-order valence-corrected chi connectivity index (χ2v) is 5.07. The highest BCUT2D eigenvalue weighted by Crippen LogP contribution is 2.41. The first-order chi connectivity index (χ1) is 9.81. The molecule has 0 aromatic heterocycles. The Morgan fingerprint density at radius 2 is 1.60 bits per heavy atom. The van der Waals surface area contributed by atoms with E-state index in [-0.39, 0.29) is 17.9 Å². The summed E-state index contributed by atoms with van der Waals surface area (Å²) in [6.45, 7) is 4.46. The largest absolute Gasteiger partial charge is 0.330 e. The number of benzene rings is 2. The van der Waals surface area contributed by atoms with Gasteiger partial charge in [0.1, 0.15) is 0 Å². The monoisotopic (exact) mass is 263 g/mol. The van der Waals surface area contributed by atoms with Crippen LogP contribution in [-0.2, 0) is 11.3 Å². The fraction of sp³-hybridized carbons (Fsp3) is 0.167. The van der Waals surface area contributed by atoms with Gasteiger partial charge in [0.25, 0.3) is 0 Å². The Labute approximate surface area is 119 Å². The molecule has 1 saturated heterocycles. The summed E-state index contributed by atoms with van der Waals surface area (Å²) in [5, 5.41) is 0. The molecule has 1 amide bonds. The number of hydrogen-bond donors (Lipinski definition) is 0. The van der Waals surface area contributed by atoms with Gasteiger partial charge >= 0.3 is 0 Å². The second kappa shape index (κ2) is 5.33. The minimum absolute atomic E-state index is 0.0962. The lowest BCUT2D eigenvalue weighted by molar-refractivity contribution is -0.154. The molecule has 0 N–H and O–H groups in total. The van der Waals surface area contributed by atoms with Gasteiger partial charge in [-0.2, -0.15) is 0 Å². The smallest absolute Gasteiger partial charge is 0.232 e. The average molecular weight is 263 g/mol. The van der Waals surface area contributed by atoms with E-state index in [9.17, 15) is 4.79 Å². The summed E-state index contributed by atoms with van der Waals surface area (Å²) in [7, 11) is 0. The first-order valence-electron chi connectivity index (χ1n) is 6.83. The van der Waals surface area contributed by atoms with Crippen LogP contribution in [0.5, 0.6) is 0 Å². The number of nitrogens with zero attached hydrogens (tertiary/aromatic N) is 1. The lowest BCUT2D eigenvalue weighted by atomic mass is 9.82. The summed E-state index contributed by atoms with van der Waals surface area (Å²) in [5.74, 6) is 0.0684. The second-order valence-electron chi connectivity index (χ2n) is 5.07. The molecule has 2 heteroatoms. The highest BCUT2D eigenvalue weighted by Gasteiger charge is 2.45. The van der Waals surface area contributed by atoms with Crippen LogP contribution in [0.4, 0.5) is 0 Å². The van der Waals surface area contributed by atoms with Gasteiger partial charge in [0.2, 0.25) is 5.91 Å². The third-order valence-corrected chi connectivity index (χ3v) is 3.83. The summed E-state index contributed by atoms with van der Waals surface area (Å²) >= 11 is 0. The molecule has 3 rings (SSSR count). The Morgan fingerprint density at radius 1 is 1.00 bits per heavy atom. The molecular formula is C18H17NO. The normalized spacial score (nSPS) is 21.4. The molecule has 100 valence electrons. The Bertz CT molecular complexity index is 606. The Hall–Kier alpha value is -2.35. The zero-order chi connectivity index (χ0) is 13.9. The van der Waals surface area contributed by atoms with Gasteiger partial charge < -0.3 is 4.90 Å². The number of rotatable bonds is 4. The van der Waals surface area contributed by atoms with E-state index in [0.717, 1.165) is 5.56 Å². The van der Waals surface area contributed by atoms with Gasteiger partial charge in [0.05, 0.1) is 12.0 Å². The lowest BCUT2D eigenvalue weighted by Crippen LogP contribution is -2.53. The fourth-order valence-electron chi connectivity index (χ4n) is 2.80. The van der Waals surface area contributed by atoms with E-state index in [1.807, 2.05) is 41.3 Å². The third kappa shape index (κ3) is 2.14. The van der Waals surface area contributed by atoms with Gasteiger partial charge in [-0.3, -0.25) is 4.79 Å². The van der Waals surface area contributed by atoms with E-state index in [4.69, 9.17) is 0 Å². The summed E-state index contributed by atoms with van der Waals surface area (Å²) < 4.78 is 0. The van der Waals surface area contributed by atoms with E-state index in [1.54, 1.807) is 6.08 Å². The Balaban J connectivity index is 1.86. The van der Waals surface area contributed by atoms with Crippen LogP contribution in [-0.4, -0.2) is 10.8 Å². The minimum Gasteiger partial charge on any atom is -0.330 e. The van der Waals surface area contributed by atoms with Crippen molar-refractivity contribution in [2.45, 2.75) is 12.6 Å². The van der Waals surface area contributed by atoms with Gasteiger partial charge in [-0.05, 0) is 11.1 Å². The summed E-state index contributed by atoms with van der Waals surface area (Å²) in [5.41, 5.74) is 2.33. The van der Waals surface area contributed by atoms with Crippen molar-refractivity contribution in [1.29, 1.82) is 0 Å². The molecule has 2 aromatic rings. The maximum atomic E-state index is 12.2. The zero-order valence-corrected chi connectivity index (χ0v) is 11.3. The Morgan fingerprint density at radius 3 is 2.20 bits per heavy atom. The SMILES string of the molecule is C=C[C@@H]1C(=O)N(Cc2ccccc2)[C@H]1c1ccccc1. The van der Waals surface area contributed by atoms with Crippen molar-refractivity contribution in [3.63, 3.8) is 0 Å². The molecule has 2 nitrogen and oxygen atoms in total. The van der Waals surface area contributed by atoms with Crippen LogP contribution >= 0.6 is 0 Å². The molecule has 0 bridgehead atoms. The number of carbonyl (C=O) groups excluding carboxylic acids is 1. The number of carbonyl (C=O) groups is 1. The molecule has 0 unspecified atom stereocenters. The van der Waals surface area contributed by atoms with Crippen molar-refractivity contribution in [2.75, 3.05) is 0 Å². The van der Waals surface area contributed by atoms with E-state index >= 15 is 0 Å². The molecule has 1 fully saturated rings. The van der Waals surface area contributed by atoms with Crippen LogP contribution < -0.4 is 0 Å². The highest BCUT2D eigenvalue weighted by atomic mass is 16.2. The van der Waals surface area contributed by atoms with Crippen LogP contribution in [0, 0.1) is 5.92 Å². The quantitative estimate of drug-likeness (QED) is 0.610. The molecule has 20 heavy (non-hydrogen) atoms. The predicted octanol–water partition coefficient (Wildman–Crippen LogP) is 3.57. The molecule has 1 aliphatic heterocycles. The maximum Gasteiger partial charge on any atom is 0.232 e. The van der Waals surface area contributed by atoms with Crippen molar-refractivity contribution in [2.24, 2.45) is 5.92 Å². The molecule has 0 radical (unpaired) electrons. The Kier molecular flexibility index (Phi) is 3.38. The van der Waals surface area contributed by atoms with Crippen molar-refractivity contribution >= 4 is 5.91 Å². The lowest BCUT2D eigenvalue weighted by Gasteiger charge is -2.46. The summed E-state index contributed by atoms with van der Waals surface area (Å²) in [4.78, 5) is 14.2. The molecule has 1 aliphatic rings. The zero-order valence-electron chi connectivity index (χ0n) is 11.3. The van der Waals surface area contributed by atoms with Crippen molar-refractivity contribution < 1.29 is 4.79 Å². The molecule has 2 atom stereocenters. The maximum absolute atomic E-state index is 12.2. The minimum atomic E-state index is -0.0962. The predicted molar refractivity (Wildman–Crippen MR) is 79.9 cm³/mol. The van der Waals surface area contributed by atoms with E-state index in [2.05, 4.69) is 30.8 Å². The number of β-lactam (4-membered cyclic amide) rings is 1. The topological polar surface area (TPSA) is 20.3 Å². The molecule has 0 spiro atoms. The molecule has 1 heterocycles. The van der Waals surface area contributed by atoms with Crippen LogP contribution in [0.1, 0.15) is 17.2 Å². The van der Waals surface area contributed by atoms with Gasteiger partial charge in [0.15, 0.2) is 0 Å². The number of likely N-dealkylation sites (tertiary alicyclic amines) is 1. The van der Waals surface area contributed by atoms with Crippen molar-refractivity contribution in [1.82, 2.24) is 4.90 Å². The highest BCUT2D eigenvalue weighted by molar-refractivity contribution is 5.88. The molecule has 0 aliphatic carbocycles. The number of hydrogen-bond acceptors (Lipinski definition) is 1. The number of amides is 1. The average Bonchev–Trinajstić information content (AvgIpc) is 2.51. The van der Waals surface area contributed by atoms with Crippen molar-refractivity contribution in [3.05, 3.63) is 84.4 Å². The molecule has 0 saturated carbocycles. The van der Waals surface area contributed by atoms with Gasteiger partial charge in [-0.25, -0.2) is 0 Å². The van der Waals surface area contributed by atoms with Crippen LogP contribution in [0.15, 0.2) is 73.3 Å².